The van der Waals surface area contributed by atoms with Crippen LogP contribution in [0.1, 0.15) is 136 Å². The fourth-order valence-electron chi connectivity index (χ4n) is 4.63. The summed E-state index contributed by atoms with van der Waals surface area (Å²) in [6.45, 7) is 4.37. The number of allylic oxidation sites excluding steroid dienone is 2. The van der Waals surface area contributed by atoms with E-state index in [1.807, 2.05) is 21.1 Å². The van der Waals surface area contributed by atoms with Crippen molar-refractivity contribution in [2.45, 2.75) is 141 Å². The first-order valence-electron chi connectivity index (χ1n) is 13.4. The molecule has 0 fully saturated rings. The molecular formula is C27H55NO2P+. The molecule has 0 aromatic heterocycles. The molecule has 0 amide bonds. The Balaban J connectivity index is 3.68. The lowest BCUT2D eigenvalue weighted by Gasteiger charge is -2.39. The summed E-state index contributed by atoms with van der Waals surface area (Å²) in [5.41, 5.74) is 0. The van der Waals surface area contributed by atoms with Crippen molar-refractivity contribution in [1.29, 1.82) is 0 Å². The normalized spacial score (nSPS) is 14.8. The van der Waals surface area contributed by atoms with E-state index in [0.717, 1.165) is 32.1 Å². The Kier molecular flexibility index (Phi) is 19.1. The van der Waals surface area contributed by atoms with E-state index in [2.05, 4.69) is 26.0 Å². The molecule has 0 heterocycles. The molecule has 0 radical (unpaired) electrons. The van der Waals surface area contributed by atoms with Crippen LogP contribution in [0.5, 0.6) is 0 Å². The van der Waals surface area contributed by atoms with Gasteiger partial charge in [-0.3, -0.25) is 4.48 Å². The van der Waals surface area contributed by atoms with Gasteiger partial charge in [-0.05, 0) is 38.5 Å². The lowest BCUT2D eigenvalue weighted by Crippen LogP contribution is -2.55. The minimum atomic E-state index is -2.42. The maximum absolute atomic E-state index is 12.1. The van der Waals surface area contributed by atoms with E-state index >= 15 is 0 Å². The smallest absolute Gasteiger partial charge is 0.376 e. The van der Waals surface area contributed by atoms with Gasteiger partial charge in [0.15, 0.2) is 0 Å². The van der Waals surface area contributed by atoms with Gasteiger partial charge in [0.2, 0.25) is 0 Å². The van der Waals surface area contributed by atoms with Crippen LogP contribution >= 0.6 is 8.03 Å². The second kappa shape index (κ2) is 19.2. The quantitative estimate of drug-likeness (QED) is 0.0709. The van der Waals surface area contributed by atoms with Gasteiger partial charge in [0.25, 0.3) is 5.28 Å². The molecular weight excluding hydrogens is 401 g/mol. The molecule has 184 valence electrons. The molecule has 31 heavy (non-hydrogen) atoms. The molecule has 0 saturated carbocycles. The predicted molar refractivity (Wildman–Crippen MR) is 137 cm³/mol. The van der Waals surface area contributed by atoms with E-state index in [-0.39, 0.29) is 0 Å². The van der Waals surface area contributed by atoms with Crippen molar-refractivity contribution in [3.8, 4) is 0 Å². The van der Waals surface area contributed by atoms with Crippen LogP contribution in [0, 0.1) is 0 Å². The van der Waals surface area contributed by atoms with Crippen molar-refractivity contribution in [1.82, 2.24) is 0 Å². The number of hydrogen-bond donors (Lipinski definition) is 0. The Hall–Kier alpha value is -0.240. The van der Waals surface area contributed by atoms with Crippen LogP contribution < -0.4 is 4.89 Å². The third-order valence-corrected chi connectivity index (χ3v) is 8.55. The summed E-state index contributed by atoms with van der Waals surface area (Å²) < 4.78 is 12.6. The zero-order valence-electron chi connectivity index (χ0n) is 21.8. The minimum Gasteiger partial charge on any atom is -0.590 e. The second-order valence-electron chi connectivity index (χ2n) is 10.4. The summed E-state index contributed by atoms with van der Waals surface area (Å²) in [5.74, 6) is 0. The molecule has 2 atom stereocenters. The van der Waals surface area contributed by atoms with E-state index in [4.69, 9.17) is 0 Å². The van der Waals surface area contributed by atoms with E-state index in [9.17, 15) is 9.46 Å². The predicted octanol–water partition coefficient (Wildman–Crippen LogP) is 8.50. The number of hydrogen-bond acceptors (Lipinski definition) is 2. The first-order valence-corrected chi connectivity index (χ1v) is 14.6. The maximum Gasteiger partial charge on any atom is 0.376 e. The van der Waals surface area contributed by atoms with Crippen LogP contribution in [0.15, 0.2) is 12.2 Å². The molecule has 0 aliphatic carbocycles. The monoisotopic (exact) mass is 456 g/mol. The topological polar surface area (TPSA) is 40.1 Å². The summed E-state index contributed by atoms with van der Waals surface area (Å²) in [6, 6.07) is 0. The largest absolute Gasteiger partial charge is 0.590 e. The number of unbranched alkanes of at least 4 members (excludes halogenated alkanes) is 14. The van der Waals surface area contributed by atoms with Gasteiger partial charge >= 0.3 is 8.03 Å². The van der Waals surface area contributed by atoms with E-state index < -0.39 is 13.3 Å². The Labute approximate surface area is 196 Å². The fraction of sp³-hybridized carbons (Fsp3) is 0.926. The summed E-state index contributed by atoms with van der Waals surface area (Å²) in [5, 5.41) is -0.593. The molecule has 2 unspecified atom stereocenters. The lowest BCUT2D eigenvalue weighted by atomic mass is 9.99. The Bertz CT molecular complexity index is 459. The summed E-state index contributed by atoms with van der Waals surface area (Å²) in [7, 11) is 3.67. The number of quaternary nitrogens is 1. The maximum atomic E-state index is 12.1. The van der Waals surface area contributed by atoms with Crippen molar-refractivity contribution in [3.63, 3.8) is 0 Å². The van der Waals surface area contributed by atoms with Crippen LogP contribution in [0.2, 0.25) is 0 Å². The zero-order valence-corrected chi connectivity index (χ0v) is 22.7. The van der Waals surface area contributed by atoms with Gasteiger partial charge in [0.1, 0.15) is 0 Å². The molecule has 0 aromatic rings. The van der Waals surface area contributed by atoms with Gasteiger partial charge in [-0.2, -0.15) is 0 Å². The third kappa shape index (κ3) is 14.5. The average Bonchev–Trinajstić information content (AvgIpc) is 2.71. The lowest BCUT2D eigenvalue weighted by molar-refractivity contribution is -0.910. The Morgan fingerprint density at radius 2 is 1.06 bits per heavy atom. The Morgan fingerprint density at radius 3 is 1.45 bits per heavy atom. The standard InChI is InChI=1S/C27H55NO2P/c1-6-8-9-10-11-12-13-14-15-16-17-18-19-20-21-22-23-24-26-27(25-7-2,31(29)30)28(3,4)5/h16-17H,6-15,18-26H2,1-5H3/q+1/b17-16-. The number of rotatable bonds is 22. The molecule has 0 aliphatic rings. The van der Waals surface area contributed by atoms with Gasteiger partial charge in [-0.1, -0.05) is 101 Å². The molecule has 0 saturated heterocycles. The van der Waals surface area contributed by atoms with E-state index in [1.54, 1.807) is 0 Å². The highest BCUT2D eigenvalue weighted by Crippen LogP contribution is 2.45. The van der Waals surface area contributed by atoms with Gasteiger partial charge in [-0.15, -0.1) is 0 Å². The highest BCUT2D eigenvalue weighted by atomic mass is 31.1. The zero-order chi connectivity index (χ0) is 23.4. The van der Waals surface area contributed by atoms with Crippen LogP contribution in [-0.2, 0) is 4.57 Å². The van der Waals surface area contributed by atoms with E-state index in [1.165, 1.54) is 89.9 Å². The average molecular weight is 457 g/mol. The third-order valence-electron chi connectivity index (χ3n) is 6.83. The van der Waals surface area contributed by atoms with Gasteiger partial charge in [0, 0.05) is 12.8 Å². The molecule has 0 bridgehead atoms. The van der Waals surface area contributed by atoms with Crippen molar-refractivity contribution < 1.29 is 13.9 Å². The highest BCUT2D eigenvalue weighted by molar-refractivity contribution is 7.38. The van der Waals surface area contributed by atoms with Crippen molar-refractivity contribution in [3.05, 3.63) is 12.2 Å². The number of nitrogens with zero attached hydrogens (tertiary/aromatic N) is 1. The van der Waals surface area contributed by atoms with Crippen LogP contribution in [0.3, 0.4) is 0 Å². The molecule has 0 spiro atoms. The second-order valence-corrected chi connectivity index (χ2v) is 11.7. The molecule has 0 aliphatic heterocycles. The molecule has 0 aromatic carbocycles. The molecule has 4 heteroatoms. The SMILES string of the molecule is CCCCCCCCCC/C=C\CCCCCCCCC(CCC)([P+](=O)[O-])[N+](C)(C)C. The van der Waals surface area contributed by atoms with Crippen LogP contribution in [0.25, 0.3) is 0 Å². The summed E-state index contributed by atoms with van der Waals surface area (Å²) >= 11 is 0. The van der Waals surface area contributed by atoms with Crippen molar-refractivity contribution >= 4 is 8.03 Å². The van der Waals surface area contributed by atoms with Crippen LogP contribution in [0.4, 0.5) is 0 Å². The Morgan fingerprint density at radius 1 is 0.645 bits per heavy atom. The summed E-state index contributed by atoms with van der Waals surface area (Å²) in [4.78, 5) is 12.1. The van der Waals surface area contributed by atoms with Crippen LogP contribution in [-0.4, -0.2) is 30.9 Å². The molecule has 0 rings (SSSR count). The highest BCUT2D eigenvalue weighted by Gasteiger charge is 2.53. The first-order chi connectivity index (χ1) is 14.8. The van der Waals surface area contributed by atoms with Crippen molar-refractivity contribution in [2.75, 3.05) is 21.1 Å². The van der Waals surface area contributed by atoms with E-state index in [0.29, 0.717) is 4.48 Å². The molecule has 3 nitrogen and oxygen atoms in total. The summed E-state index contributed by atoms with van der Waals surface area (Å²) in [6.07, 6.45) is 28.2. The van der Waals surface area contributed by atoms with Crippen molar-refractivity contribution in [2.24, 2.45) is 0 Å². The fourth-order valence-corrected chi connectivity index (χ4v) is 5.87. The van der Waals surface area contributed by atoms with Gasteiger partial charge in [-0.25, -0.2) is 0 Å². The van der Waals surface area contributed by atoms with Gasteiger partial charge in [0.05, 0.1) is 21.1 Å². The first kappa shape index (κ1) is 30.8. The molecule has 0 N–H and O–H groups in total. The van der Waals surface area contributed by atoms with Gasteiger partial charge < -0.3 is 4.89 Å². The minimum absolute atomic E-state index is 0.519.